The molecule has 0 fully saturated rings. The number of halogens is 2. The summed E-state index contributed by atoms with van der Waals surface area (Å²) in [5.41, 5.74) is 2.11. The summed E-state index contributed by atoms with van der Waals surface area (Å²) in [4.78, 5) is 4.27. The normalized spacial score (nSPS) is 10.6. The lowest BCUT2D eigenvalue weighted by molar-refractivity contribution is 0.843. The Labute approximate surface area is 101 Å². The van der Waals surface area contributed by atoms with E-state index in [-0.39, 0.29) is 0 Å². The van der Waals surface area contributed by atoms with Crippen molar-refractivity contribution in [2.75, 3.05) is 0 Å². The van der Waals surface area contributed by atoms with E-state index in [4.69, 9.17) is 11.6 Å². The number of pyridine rings is 1. The molecule has 0 radical (unpaired) electrons. The number of alkyl halides is 1. The summed E-state index contributed by atoms with van der Waals surface area (Å²) in [5, 5.41) is 4.19. The van der Waals surface area contributed by atoms with E-state index in [0.717, 1.165) is 21.4 Å². The van der Waals surface area contributed by atoms with Crippen LogP contribution in [0.25, 0.3) is 5.82 Å². The first-order valence-corrected chi connectivity index (χ1v) is 5.75. The second kappa shape index (κ2) is 4.33. The van der Waals surface area contributed by atoms with Gasteiger partial charge in [0.2, 0.25) is 0 Å². The Morgan fingerprint density at radius 1 is 1.47 bits per heavy atom. The van der Waals surface area contributed by atoms with Gasteiger partial charge < -0.3 is 0 Å². The molecule has 0 aromatic carbocycles. The van der Waals surface area contributed by atoms with Crippen molar-refractivity contribution in [3.8, 4) is 5.82 Å². The fourth-order valence-corrected chi connectivity index (χ4v) is 1.97. The summed E-state index contributed by atoms with van der Waals surface area (Å²) in [5.74, 6) is 1.23. The predicted molar refractivity (Wildman–Crippen MR) is 63.4 cm³/mol. The molecule has 0 N–H and O–H groups in total. The maximum Gasteiger partial charge on any atom is 0.153 e. The molecule has 2 rings (SSSR count). The molecule has 0 saturated heterocycles. The Balaban J connectivity index is 2.45. The number of aryl methyl sites for hydroxylation is 1. The molecule has 0 unspecified atom stereocenters. The van der Waals surface area contributed by atoms with Gasteiger partial charge in [-0.15, -0.1) is 11.6 Å². The van der Waals surface area contributed by atoms with Crippen LogP contribution in [-0.2, 0) is 5.88 Å². The third-order valence-corrected chi connectivity index (χ3v) is 3.01. The number of rotatable bonds is 2. The van der Waals surface area contributed by atoms with E-state index in [9.17, 15) is 0 Å². The van der Waals surface area contributed by atoms with E-state index in [1.165, 1.54) is 0 Å². The van der Waals surface area contributed by atoms with Gasteiger partial charge in [0.05, 0.1) is 6.20 Å². The second-order valence-corrected chi connectivity index (χ2v) is 4.35. The van der Waals surface area contributed by atoms with Gasteiger partial charge in [-0.2, -0.15) is 5.10 Å². The highest BCUT2D eigenvalue weighted by Crippen LogP contribution is 2.19. The molecule has 0 atom stereocenters. The summed E-state index contributed by atoms with van der Waals surface area (Å²) in [7, 11) is 0. The molecule has 15 heavy (non-hydrogen) atoms. The van der Waals surface area contributed by atoms with Crippen LogP contribution in [0.4, 0.5) is 0 Å². The second-order valence-electron chi connectivity index (χ2n) is 3.23. The molecule has 0 aliphatic carbocycles. The Kier molecular flexibility index (Phi) is 3.07. The van der Waals surface area contributed by atoms with Gasteiger partial charge in [0.15, 0.2) is 5.82 Å². The average molecular weight is 287 g/mol. The highest BCUT2D eigenvalue weighted by molar-refractivity contribution is 9.10. The zero-order valence-corrected chi connectivity index (χ0v) is 10.5. The van der Waals surface area contributed by atoms with Crippen molar-refractivity contribution >= 4 is 27.5 Å². The third-order valence-electron chi connectivity index (χ3n) is 2.01. The Morgan fingerprint density at radius 3 is 2.87 bits per heavy atom. The fourth-order valence-electron chi connectivity index (χ4n) is 1.23. The molecule has 2 aromatic rings. The summed E-state index contributed by atoms with van der Waals surface area (Å²) in [6.07, 6.45) is 5.46. The molecule has 78 valence electrons. The van der Waals surface area contributed by atoms with Crippen LogP contribution >= 0.6 is 27.5 Å². The van der Waals surface area contributed by atoms with E-state index in [2.05, 4.69) is 26.0 Å². The van der Waals surface area contributed by atoms with Crippen molar-refractivity contribution in [2.45, 2.75) is 12.8 Å². The van der Waals surface area contributed by atoms with Crippen LogP contribution in [0, 0.1) is 6.92 Å². The monoisotopic (exact) mass is 285 g/mol. The van der Waals surface area contributed by atoms with Crippen LogP contribution in [0.3, 0.4) is 0 Å². The van der Waals surface area contributed by atoms with Crippen LogP contribution in [0.15, 0.2) is 29.1 Å². The van der Waals surface area contributed by atoms with Crippen molar-refractivity contribution < 1.29 is 0 Å². The molecule has 2 aromatic heterocycles. The standard InChI is InChI=1S/C10H9BrClN3/c1-7-4-14-15(6-7)10-2-8(3-12)9(11)5-13-10/h2,4-6H,3H2,1H3. The third kappa shape index (κ3) is 2.21. The lowest BCUT2D eigenvalue weighted by atomic mass is 10.3. The van der Waals surface area contributed by atoms with Crippen molar-refractivity contribution in [1.29, 1.82) is 0 Å². The van der Waals surface area contributed by atoms with Crippen LogP contribution in [0.1, 0.15) is 11.1 Å². The molecule has 0 aliphatic rings. The first-order valence-electron chi connectivity index (χ1n) is 4.42. The van der Waals surface area contributed by atoms with Crippen LogP contribution < -0.4 is 0 Å². The molecule has 0 amide bonds. The number of hydrogen-bond donors (Lipinski definition) is 0. The average Bonchev–Trinajstić information content (AvgIpc) is 2.66. The first kappa shape index (κ1) is 10.6. The van der Waals surface area contributed by atoms with Crippen molar-refractivity contribution in [3.05, 3.63) is 40.3 Å². The number of aromatic nitrogens is 3. The van der Waals surface area contributed by atoms with Crippen LogP contribution in [0.5, 0.6) is 0 Å². The SMILES string of the molecule is Cc1cnn(-c2cc(CCl)c(Br)cn2)c1. The smallest absolute Gasteiger partial charge is 0.153 e. The Morgan fingerprint density at radius 2 is 2.27 bits per heavy atom. The topological polar surface area (TPSA) is 30.7 Å². The minimum absolute atomic E-state index is 0.455. The molecular weight excluding hydrogens is 277 g/mol. The summed E-state index contributed by atoms with van der Waals surface area (Å²) in [6, 6.07) is 1.92. The van der Waals surface area contributed by atoms with Crippen molar-refractivity contribution in [3.63, 3.8) is 0 Å². The van der Waals surface area contributed by atoms with Gasteiger partial charge in [0.25, 0.3) is 0 Å². The molecule has 0 spiro atoms. The maximum absolute atomic E-state index is 5.81. The highest BCUT2D eigenvalue weighted by Gasteiger charge is 2.04. The number of nitrogens with zero attached hydrogens (tertiary/aromatic N) is 3. The molecule has 3 nitrogen and oxygen atoms in total. The van der Waals surface area contributed by atoms with Gasteiger partial charge in [0.1, 0.15) is 0 Å². The van der Waals surface area contributed by atoms with Gasteiger partial charge in [-0.1, -0.05) is 0 Å². The van der Waals surface area contributed by atoms with E-state index in [1.54, 1.807) is 17.1 Å². The Bertz CT molecular complexity index is 481. The van der Waals surface area contributed by atoms with E-state index >= 15 is 0 Å². The van der Waals surface area contributed by atoms with Gasteiger partial charge >= 0.3 is 0 Å². The molecular formula is C10H9BrClN3. The van der Waals surface area contributed by atoms with Gasteiger partial charge in [-0.05, 0) is 40.0 Å². The summed E-state index contributed by atoms with van der Waals surface area (Å²) in [6.45, 7) is 1.99. The van der Waals surface area contributed by atoms with Crippen molar-refractivity contribution in [2.24, 2.45) is 0 Å². The predicted octanol–water partition coefficient (Wildman–Crippen LogP) is 3.08. The van der Waals surface area contributed by atoms with E-state index in [1.807, 2.05) is 19.2 Å². The zero-order chi connectivity index (χ0) is 10.8. The fraction of sp³-hybridized carbons (Fsp3) is 0.200. The van der Waals surface area contributed by atoms with Crippen LogP contribution in [0.2, 0.25) is 0 Å². The molecule has 0 saturated carbocycles. The van der Waals surface area contributed by atoms with Gasteiger partial charge in [-0.25, -0.2) is 9.67 Å². The zero-order valence-electron chi connectivity index (χ0n) is 8.11. The van der Waals surface area contributed by atoms with Crippen LogP contribution in [-0.4, -0.2) is 14.8 Å². The molecule has 2 heterocycles. The van der Waals surface area contributed by atoms with E-state index in [0.29, 0.717) is 5.88 Å². The van der Waals surface area contributed by atoms with Crippen molar-refractivity contribution in [1.82, 2.24) is 14.8 Å². The molecule has 0 bridgehead atoms. The van der Waals surface area contributed by atoms with Gasteiger partial charge in [0, 0.05) is 22.7 Å². The molecule has 5 heteroatoms. The summed E-state index contributed by atoms with van der Waals surface area (Å²) >= 11 is 9.20. The summed E-state index contributed by atoms with van der Waals surface area (Å²) < 4.78 is 2.66. The maximum atomic E-state index is 5.81. The van der Waals surface area contributed by atoms with Gasteiger partial charge in [-0.3, -0.25) is 0 Å². The minimum Gasteiger partial charge on any atom is -0.236 e. The molecule has 0 aliphatic heterocycles. The van der Waals surface area contributed by atoms with E-state index < -0.39 is 0 Å². The first-order chi connectivity index (χ1) is 7.20. The lowest BCUT2D eigenvalue weighted by Gasteiger charge is -2.04. The highest BCUT2D eigenvalue weighted by atomic mass is 79.9. The Hall–Kier alpha value is -0.870. The largest absolute Gasteiger partial charge is 0.236 e. The minimum atomic E-state index is 0.455. The number of hydrogen-bond acceptors (Lipinski definition) is 2. The quantitative estimate of drug-likeness (QED) is 0.794. The lowest BCUT2D eigenvalue weighted by Crippen LogP contribution is -1.99.